The first kappa shape index (κ1) is 15.1. The number of hydrogen-bond donors (Lipinski definition) is 2. The van der Waals surface area contributed by atoms with Gasteiger partial charge < -0.3 is 15.4 Å². The van der Waals surface area contributed by atoms with Crippen LogP contribution in [0.2, 0.25) is 0 Å². The maximum Gasteiger partial charge on any atom is 0.319 e. The molecule has 1 aliphatic rings. The third kappa shape index (κ3) is 3.07. The highest BCUT2D eigenvalue weighted by Crippen LogP contribution is 2.32. The van der Waals surface area contributed by atoms with Gasteiger partial charge in [-0.3, -0.25) is 4.79 Å². The third-order valence-corrected chi connectivity index (χ3v) is 3.58. The van der Waals surface area contributed by atoms with E-state index in [2.05, 4.69) is 17.2 Å². The van der Waals surface area contributed by atoms with E-state index in [4.69, 9.17) is 4.74 Å². The van der Waals surface area contributed by atoms with Gasteiger partial charge >= 0.3 is 12.0 Å². The van der Waals surface area contributed by atoms with Crippen LogP contribution >= 0.6 is 0 Å². The first-order valence-electron chi connectivity index (χ1n) is 6.94. The second-order valence-electron chi connectivity index (χ2n) is 5.19. The topological polar surface area (TPSA) is 67.4 Å². The van der Waals surface area contributed by atoms with Crippen molar-refractivity contribution in [3.8, 4) is 0 Å². The molecule has 5 nitrogen and oxygen atoms in total. The summed E-state index contributed by atoms with van der Waals surface area (Å²) in [6, 6.07) is 5.13. The SMILES string of the molecule is C=C1NC(=O)N[C@@H](c2cc(C)ccc2C)[C@@H]1C(=O)OCC. The van der Waals surface area contributed by atoms with E-state index in [1.807, 2.05) is 32.0 Å². The van der Waals surface area contributed by atoms with Crippen molar-refractivity contribution in [1.29, 1.82) is 0 Å². The summed E-state index contributed by atoms with van der Waals surface area (Å²) in [6.07, 6.45) is 0. The van der Waals surface area contributed by atoms with Crippen LogP contribution in [0.1, 0.15) is 29.7 Å². The van der Waals surface area contributed by atoms with Crippen LogP contribution < -0.4 is 10.6 Å². The van der Waals surface area contributed by atoms with Crippen LogP contribution in [0.4, 0.5) is 4.79 Å². The Morgan fingerprint density at radius 2 is 2.10 bits per heavy atom. The molecule has 2 N–H and O–H groups in total. The molecular formula is C16H20N2O3. The van der Waals surface area contributed by atoms with Crippen molar-refractivity contribution < 1.29 is 14.3 Å². The van der Waals surface area contributed by atoms with Gasteiger partial charge in [-0.1, -0.05) is 30.3 Å². The molecular weight excluding hydrogens is 268 g/mol. The smallest absolute Gasteiger partial charge is 0.319 e. The molecule has 1 fully saturated rings. The van der Waals surface area contributed by atoms with E-state index in [0.29, 0.717) is 5.70 Å². The second-order valence-corrected chi connectivity index (χ2v) is 5.19. The average molecular weight is 288 g/mol. The van der Waals surface area contributed by atoms with Gasteiger partial charge in [0.2, 0.25) is 0 Å². The minimum Gasteiger partial charge on any atom is -0.465 e. The van der Waals surface area contributed by atoms with E-state index >= 15 is 0 Å². The molecule has 112 valence electrons. The number of ether oxygens (including phenoxy) is 1. The number of rotatable bonds is 3. The molecule has 1 heterocycles. The predicted molar refractivity (Wildman–Crippen MR) is 79.6 cm³/mol. The largest absolute Gasteiger partial charge is 0.465 e. The van der Waals surface area contributed by atoms with Crippen LogP contribution in [0.25, 0.3) is 0 Å². The molecule has 0 spiro atoms. The zero-order valence-electron chi connectivity index (χ0n) is 12.5. The highest BCUT2D eigenvalue weighted by atomic mass is 16.5. The molecule has 2 atom stereocenters. The van der Waals surface area contributed by atoms with Crippen LogP contribution in [0.5, 0.6) is 0 Å². The Morgan fingerprint density at radius 3 is 2.76 bits per heavy atom. The normalized spacial score (nSPS) is 21.5. The lowest BCUT2D eigenvalue weighted by Crippen LogP contribution is -2.51. The van der Waals surface area contributed by atoms with Crippen LogP contribution in [-0.4, -0.2) is 18.6 Å². The molecule has 1 aromatic carbocycles. The number of aryl methyl sites for hydroxylation is 2. The predicted octanol–water partition coefficient (Wildman–Crippen LogP) is 2.35. The van der Waals surface area contributed by atoms with Crippen LogP contribution in [0.15, 0.2) is 30.5 Å². The fraction of sp³-hybridized carbons (Fsp3) is 0.375. The van der Waals surface area contributed by atoms with Gasteiger partial charge in [-0.25, -0.2) is 4.79 Å². The number of urea groups is 1. The fourth-order valence-corrected chi connectivity index (χ4v) is 2.55. The maximum absolute atomic E-state index is 12.2. The van der Waals surface area contributed by atoms with Gasteiger partial charge in [0, 0.05) is 5.70 Å². The first-order valence-corrected chi connectivity index (χ1v) is 6.94. The number of hydrogen-bond acceptors (Lipinski definition) is 3. The van der Waals surface area contributed by atoms with Gasteiger partial charge in [0.05, 0.1) is 12.6 Å². The third-order valence-electron chi connectivity index (χ3n) is 3.58. The lowest BCUT2D eigenvalue weighted by Gasteiger charge is -2.34. The molecule has 21 heavy (non-hydrogen) atoms. The summed E-state index contributed by atoms with van der Waals surface area (Å²) in [5.74, 6) is -1.02. The molecule has 0 unspecified atom stereocenters. The lowest BCUT2D eigenvalue weighted by molar-refractivity contribution is -0.147. The molecule has 1 aliphatic heterocycles. The van der Waals surface area contributed by atoms with Gasteiger partial charge in [-0.15, -0.1) is 0 Å². The minimum absolute atomic E-state index is 0.288. The number of carbonyl (C=O) groups excluding carboxylic acids is 2. The monoisotopic (exact) mass is 288 g/mol. The number of esters is 1. The minimum atomic E-state index is -0.636. The van der Waals surface area contributed by atoms with E-state index in [9.17, 15) is 9.59 Å². The fourth-order valence-electron chi connectivity index (χ4n) is 2.55. The molecule has 0 aromatic heterocycles. The highest BCUT2D eigenvalue weighted by Gasteiger charge is 2.39. The maximum atomic E-state index is 12.2. The average Bonchev–Trinajstić information content (AvgIpc) is 2.40. The zero-order valence-corrected chi connectivity index (χ0v) is 12.5. The Morgan fingerprint density at radius 1 is 1.38 bits per heavy atom. The van der Waals surface area contributed by atoms with E-state index in [-0.39, 0.29) is 18.6 Å². The summed E-state index contributed by atoms with van der Waals surface area (Å²) >= 11 is 0. The quantitative estimate of drug-likeness (QED) is 0.839. The number of benzene rings is 1. The Hall–Kier alpha value is -2.30. The molecule has 0 aliphatic carbocycles. The van der Waals surface area contributed by atoms with Gasteiger partial charge in [-0.2, -0.15) is 0 Å². The summed E-state index contributed by atoms with van der Waals surface area (Å²) in [5.41, 5.74) is 3.35. The molecule has 5 heteroatoms. The Bertz CT molecular complexity index is 595. The van der Waals surface area contributed by atoms with Gasteiger partial charge in [0.25, 0.3) is 0 Å². The summed E-state index contributed by atoms with van der Waals surface area (Å²) < 4.78 is 5.12. The molecule has 2 rings (SSSR count). The Kier molecular flexibility index (Phi) is 4.31. The van der Waals surface area contributed by atoms with E-state index in [1.54, 1.807) is 6.92 Å². The molecule has 2 amide bonds. The van der Waals surface area contributed by atoms with E-state index < -0.39 is 12.0 Å². The summed E-state index contributed by atoms with van der Waals surface area (Å²) in [4.78, 5) is 24.0. The Balaban J connectivity index is 2.44. The van der Waals surface area contributed by atoms with Crippen molar-refractivity contribution in [1.82, 2.24) is 10.6 Å². The number of amides is 2. The number of nitrogens with one attached hydrogen (secondary N) is 2. The van der Waals surface area contributed by atoms with Crippen molar-refractivity contribution in [2.45, 2.75) is 26.8 Å². The van der Waals surface area contributed by atoms with E-state index in [1.165, 1.54) is 0 Å². The van der Waals surface area contributed by atoms with Crippen molar-refractivity contribution in [2.75, 3.05) is 6.61 Å². The van der Waals surface area contributed by atoms with Crippen LogP contribution in [-0.2, 0) is 9.53 Å². The van der Waals surface area contributed by atoms with E-state index in [0.717, 1.165) is 16.7 Å². The molecule has 1 aromatic rings. The Labute approximate surface area is 124 Å². The van der Waals surface area contributed by atoms with Crippen molar-refractivity contribution >= 4 is 12.0 Å². The van der Waals surface area contributed by atoms with Crippen molar-refractivity contribution in [3.05, 3.63) is 47.2 Å². The lowest BCUT2D eigenvalue weighted by atomic mass is 9.86. The molecule has 1 saturated heterocycles. The zero-order chi connectivity index (χ0) is 15.6. The highest BCUT2D eigenvalue weighted by molar-refractivity contribution is 5.85. The molecule has 0 radical (unpaired) electrons. The van der Waals surface area contributed by atoms with Crippen LogP contribution in [0.3, 0.4) is 0 Å². The molecule has 0 bridgehead atoms. The van der Waals surface area contributed by atoms with Crippen molar-refractivity contribution in [2.24, 2.45) is 5.92 Å². The van der Waals surface area contributed by atoms with Gasteiger partial charge in [0.1, 0.15) is 5.92 Å². The van der Waals surface area contributed by atoms with Gasteiger partial charge in [0.15, 0.2) is 0 Å². The second kappa shape index (κ2) is 5.99. The summed E-state index contributed by atoms with van der Waals surface area (Å²) in [6.45, 7) is 9.77. The summed E-state index contributed by atoms with van der Waals surface area (Å²) in [7, 11) is 0. The summed E-state index contributed by atoms with van der Waals surface area (Å²) in [5, 5.41) is 5.37. The van der Waals surface area contributed by atoms with Crippen LogP contribution in [0, 0.1) is 19.8 Å². The first-order chi connectivity index (χ1) is 9.93. The number of carbonyl (C=O) groups is 2. The van der Waals surface area contributed by atoms with Crippen molar-refractivity contribution in [3.63, 3.8) is 0 Å². The molecule has 0 saturated carbocycles. The standard InChI is InChI=1S/C16H20N2O3/c1-5-21-15(19)13-11(4)17-16(20)18-14(13)12-8-9(2)6-7-10(12)3/h6-8,13-14H,4-5H2,1-3H3,(H2,17,18,20)/t13-,14+/m1/s1. The van der Waals surface area contributed by atoms with Gasteiger partial charge in [-0.05, 0) is 31.9 Å².